The molecule has 0 bridgehead atoms. The van der Waals surface area contributed by atoms with E-state index in [0.717, 1.165) is 18.2 Å². The predicted octanol–water partition coefficient (Wildman–Crippen LogP) is 1.27. The number of carbonyl (C=O) groups excluding carboxylic acids is 3. The van der Waals surface area contributed by atoms with Crippen LogP contribution in [0.15, 0.2) is 18.2 Å². The first kappa shape index (κ1) is 18.8. The number of imide groups is 1. The van der Waals surface area contributed by atoms with E-state index in [0.29, 0.717) is 5.06 Å². The van der Waals surface area contributed by atoms with Gasteiger partial charge in [0.05, 0.1) is 22.3 Å². The monoisotopic (exact) mass is 367 g/mol. The molecule has 0 N–H and O–H groups in total. The molecule has 2 amide bonds. The zero-order chi connectivity index (χ0) is 19.4. The number of rotatable bonds is 7. The van der Waals surface area contributed by atoms with Crippen LogP contribution < -0.4 is 4.74 Å². The van der Waals surface area contributed by atoms with Gasteiger partial charge in [-0.1, -0.05) is 0 Å². The van der Waals surface area contributed by atoms with Crippen LogP contribution in [0.4, 0.5) is 11.4 Å². The Morgan fingerprint density at radius 2 is 1.81 bits per heavy atom. The lowest BCUT2D eigenvalue weighted by atomic mass is 10.2. The average Bonchev–Trinajstić information content (AvgIpc) is 2.86. The summed E-state index contributed by atoms with van der Waals surface area (Å²) in [5, 5.41) is 22.1. The lowest BCUT2D eigenvalue weighted by molar-refractivity contribution is -0.394. The highest BCUT2D eigenvalue weighted by Crippen LogP contribution is 2.32. The van der Waals surface area contributed by atoms with E-state index in [4.69, 9.17) is 4.74 Å². The highest BCUT2D eigenvalue weighted by molar-refractivity contribution is 6.01. The Hall–Kier alpha value is -3.57. The molecule has 1 unspecified atom stereocenters. The van der Waals surface area contributed by atoms with Crippen LogP contribution >= 0.6 is 0 Å². The summed E-state index contributed by atoms with van der Waals surface area (Å²) >= 11 is 0. The Balaban J connectivity index is 2.03. The molecule has 2 rings (SSSR count). The molecule has 0 aromatic heterocycles. The molecular formula is C14H13N3O9. The zero-order valence-corrected chi connectivity index (χ0v) is 13.4. The van der Waals surface area contributed by atoms with E-state index in [1.807, 2.05) is 0 Å². The summed E-state index contributed by atoms with van der Waals surface area (Å²) in [6.07, 6.45) is -1.43. The van der Waals surface area contributed by atoms with E-state index in [2.05, 4.69) is 4.84 Å². The zero-order valence-electron chi connectivity index (χ0n) is 13.4. The van der Waals surface area contributed by atoms with Crippen molar-refractivity contribution in [3.8, 4) is 5.75 Å². The van der Waals surface area contributed by atoms with Gasteiger partial charge in [-0.15, -0.1) is 5.06 Å². The third kappa shape index (κ3) is 4.28. The molecule has 1 atom stereocenters. The molecule has 26 heavy (non-hydrogen) atoms. The minimum Gasteiger partial charge on any atom is -0.483 e. The van der Waals surface area contributed by atoms with E-state index in [9.17, 15) is 34.6 Å². The fourth-order valence-electron chi connectivity index (χ4n) is 2.15. The van der Waals surface area contributed by atoms with E-state index >= 15 is 0 Å². The van der Waals surface area contributed by atoms with Gasteiger partial charge in [0.15, 0.2) is 5.75 Å². The highest BCUT2D eigenvalue weighted by Gasteiger charge is 2.33. The predicted molar refractivity (Wildman–Crippen MR) is 81.6 cm³/mol. The van der Waals surface area contributed by atoms with Gasteiger partial charge < -0.3 is 9.57 Å². The normalized spacial score (nSPS) is 14.9. The van der Waals surface area contributed by atoms with Gasteiger partial charge in [0.25, 0.3) is 17.5 Å². The average molecular weight is 367 g/mol. The Morgan fingerprint density at radius 1 is 1.19 bits per heavy atom. The van der Waals surface area contributed by atoms with Crippen LogP contribution in [0, 0.1) is 20.2 Å². The van der Waals surface area contributed by atoms with Crippen LogP contribution in [-0.2, 0) is 19.2 Å². The van der Waals surface area contributed by atoms with Crippen molar-refractivity contribution >= 4 is 29.2 Å². The van der Waals surface area contributed by atoms with Crippen LogP contribution in [-0.4, -0.2) is 38.8 Å². The number of nitro groups is 2. The molecule has 1 saturated heterocycles. The van der Waals surface area contributed by atoms with Crippen molar-refractivity contribution in [1.82, 2.24) is 5.06 Å². The van der Waals surface area contributed by atoms with Crippen molar-refractivity contribution < 1.29 is 33.8 Å². The lowest BCUT2D eigenvalue weighted by Crippen LogP contribution is -2.33. The fourth-order valence-corrected chi connectivity index (χ4v) is 2.15. The van der Waals surface area contributed by atoms with E-state index in [1.54, 1.807) is 0 Å². The first-order valence-corrected chi connectivity index (χ1v) is 7.35. The second-order valence-electron chi connectivity index (χ2n) is 5.34. The SMILES string of the molecule is CC(CC(=O)ON1C(=O)CCC1=O)Oc1ccc([N+](=O)[O-])cc1[N+](=O)[O-]. The number of nitrogens with zero attached hydrogens (tertiary/aromatic N) is 3. The Labute approximate surface area is 145 Å². The molecule has 0 saturated carbocycles. The lowest BCUT2D eigenvalue weighted by Gasteiger charge is -2.16. The van der Waals surface area contributed by atoms with Gasteiger partial charge in [0, 0.05) is 18.9 Å². The van der Waals surface area contributed by atoms with E-state index in [-0.39, 0.29) is 18.6 Å². The minimum atomic E-state index is -0.939. The molecule has 0 aliphatic carbocycles. The van der Waals surface area contributed by atoms with Crippen LogP contribution in [0.5, 0.6) is 5.75 Å². The Morgan fingerprint density at radius 3 is 2.35 bits per heavy atom. The van der Waals surface area contributed by atoms with Crippen molar-refractivity contribution in [2.24, 2.45) is 0 Å². The summed E-state index contributed by atoms with van der Waals surface area (Å²) in [4.78, 5) is 59.3. The molecule has 1 aromatic rings. The minimum absolute atomic E-state index is 0.0485. The first-order valence-electron chi connectivity index (χ1n) is 7.35. The Bertz CT molecular complexity index is 776. The summed E-state index contributed by atoms with van der Waals surface area (Å²) in [7, 11) is 0. The summed E-state index contributed by atoms with van der Waals surface area (Å²) in [5.74, 6) is -2.48. The molecule has 12 heteroatoms. The number of non-ortho nitro benzene ring substituents is 1. The Kier molecular flexibility index (Phi) is 5.45. The van der Waals surface area contributed by atoms with Crippen molar-refractivity contribution in [3.05, 3.63) is 38.4 Å². The number of hydrogen-bond donors (Lipinski definition) is 0. The third-order valence-electron chi connectivity index (χ3n) is 3.33. The summed E-state index contributed by atoms with van der Waals surface area (Å²) in [6, 6.07) is 2.81. The molecule has 1 aromatic carbocycles. The second-order valence-corrected chi connectivity index (χ2v) is 5.34. The molecule has 1 heterocycles. The van der Waals surface area contributed by atoms with Gasteiger partial charge in [-0.2, -0.15) is 0 Å². The van der Waals surface area contributed by atoms with Gasteiger partial charge in [0.2, 0.25) is 0 Å². The molecule has 1 fully saturated rings. The number of carbonyl (C=O) groups is 3. The third-order valence-corrected chi connectivity index (χ3v) is 3.33. The van der Waals surface area contributed by atoms with Gasteiger partial charge in [-0.25, -0.2) is 4.79 Å². The highest BCUT2D eigenvalue weighted by atomic mass is 16.7. The quantitative estimate of drug-likeness (QED) is 0.392. The van der Waals surface area contributed by atoms with E-state index in [1.165, 1.54) is 6.92 Å². The number of benzene rings is 1. The van der Waals surface area contributed by atoms with Crippen molar-refractivity contribution in [3.63, 3.8) is 0 Å². The maximum absolute atomic E-state index is 11.8. The smallest absolute Gasteiger partial charge is 0.336 e. The van der Waals surface area contributed by atoms with Gasteiger partial charge >= 0.3 is 11.7 Å². The molecule has 0 spiro atoms. The summed E-state index contributed by atoms with van der Waals surface area (Å²) in [6.45, 7) is 1.40. The summed E-state index contributed by atoms with van der Waals surface area (Å²) in [5.41, 5.74) is -1.12. The maximum atomic E-state index is 11.8. The fraction of sp³-hybridized carbons (Fsp3) is 0.357. The van der Waals surface area contributed by atoms with Crippen LogP contribution in [0.25, 0.3) is 0 Å². The molecule has 0 radical (unpaired) electrons. The van der Waals surface area contributed by atoms with Crippen LogP contribution in [0.1, 0.15) is 26.2 Å². The number of hydrogen-bond acceptors (Lipinski definition) is 9. The topological polar surface area (TPSA) is 159 Å². The summed E-state index contributed by atoms with van der Waals surface area (Å²) < 4.78 is 5.28. The van der Waals surface area contributed by atoms with Crippen molar-refractivity contribution in [2.75, 3.05) is 0 Å². The standard InChI is InChI=1S/C14H13N3O9/c1-8(6-14(20)26-15-12(18)4-5-13(15)19)25-11-3-2-9(16(21)22)7-10(11)17(23)24/h2-3,7-8H,4-6H2,1H3. The second kappa shape index (κ2) is 7.55. The molecule has 1 aliphatic heterocycles. The maximum Gasteiger partial charge on any atom is 0.336 e. The number of nitro benzene ring substituents is 2. The van der Waals surface area contributed by atoms with E-state index < -0.39 is 51.5 Å². The number of hydroxylamine groups is 2. The largest absolute Gasteiger partial charge is 0.483 e. The first-order chi connectivity index (χ1) is 12.2. The van der Waals surface area contributed by atoms with Gasteiger partial charge in [0.1, 0.15) is 6.10 Å². The van der Waals surface area contributed by atoms with Crippen molar-refractivity contribution in [2.45, 2.75) is 32.3 Å². The molecular weight excluding hydrogens is 354 g/mol. The molecule has 1 aliphatic rings. The molecule has 12 nitrogen and oxygen atoms in total. The van der Waals surface area contributed by atoms with Gasteiger partial charge in [-0.05, 0) is 13.0 Å². The van der Waals surface area contributed by atoms with Crippen LogP contribution in [0.2, 0.25) is 0 Å². The molecule has 138 valence electrons. The van der Waals surface area contributed by atoms with Gasteiger partial charge in [-0.3, -0.25) is 29.8 Å². The van der Waals surface area contributed by atoms with Crippen LogP contribution in [0.3, 0.4) is 0 Å². The number of ether oxygens (including phenoxy) is 1. The number of amides is 2. The van der Waals surface area contributed by atoms with Crippen molar-refractivity contribution in [1.29, 1.82) is 0 Å².